The Bertz CT molecular complexity index is 169. The summed E-state index contributed by atoms with van der Waals surface area (Å²) < 4.78 is 0. The van der Waals surface area contributed by atoms with Gasteiger partial charge in [0.15, 0.2) is 0 Å². The second-order valence-corrected chi connectivity index (χ2v) is 3.06. The van der Waals surface area contributed by atoms with E-state index in [2.05, 4.69) is 0 Å². The summed E-state index contributed by atoms with van der Waals surface area (Å²) in [6.45, 7) is 4.51. The predicted molar refractivity (Wildman–Crippen MR) is 41.0 cm³/mol. The summed E-state index contributed by atoms with van der Waals surface area (Å²) in [6.07, 6.45) is 0.842. The Morgan fingerprint density at radius 3 is 2.27 bits per heavy atom. The zero-order chi connectivity index (χ0) is 8.43. The van der Waals surface area contributed by atoms with Crippen molar-refractivity contribution < 1.29 is 9.59 Å². The Hall–Kier alpha value is -0.860. The van der Waals surface area contributed by atoms with E-state index in [0.29, 0.717) is 6.54 Å². The van der Waals surface area contributed by atoms with Gasteiger partial charge in [-0.05, 0) is 13.3 Å². The van der Waals surface area contributed by atoms with Crippen molar-refractivity contribution in [2.24, 2.45) is 5.92 Å². The molecule has 0 unspecified atom stereocenters. The average molecular weight is 155 g/mol. The summed E-state index contributed by atoms with van der Waals surface area (Å²) in [7, 11) is 0. The van der Waals surface area contributed by atoms with Gasteiger partial charge < -0.3 is 4.90 Å². The number of nitrogens with zero attached hydrogens (tertiary/aromatic N) is 1. The molecule has 1 fully saturated rings. The highest BCUT2D eigenvalue weighted by atomic mass is 16.2. The van der Waals surface area contributed by atoms with E-state index in [0.717, 1.165) is 13.0 Å². The van der Waals surface area contributed by atoms with Crippen LogP contribution in [-0.2, 0) is 9.59 Å². The Balaban J connectivity index is 2.47. The monoisotopic (exact) mass is 155 g/mol. The highest BCUT2D eigenvalue weighted by molar-refractivity contribution is 5.81. The second-order valence-electron chi connectivity index (χ2n) is 3.06. The predicted octanol–water partition coefficient (Wildman–Crippen LogP) is 0.444. The number of carbonyl (C=O) groups excluding carboxylic acids is 2. The van der Waals surface area contributed by atoms with Crippen LogP contribution in [0.3, 0.4) is 0 Å². The van der Waals surface area contributed by atoms with E-state index in [-0.39, 0.29) is 17.6 Å². The molecule has 1 rings (SSSR count). The van der Waals surface area contributed by atoms with Crippen LogP contribution in [0.4, 0.5) is 0 Å². The van der Waals surface area contributed by atoms with Gasteiger partial charge in [-0.3, -0.25) is 9.59 Å². The molecule has 1 aliphatic rings. The van der Waals surface area contributed by atoms with Crippen LogP contribution in [-0.4, -0.2) is 29.7 Å². The minimum Gasteiger partial charge on any atom is -0.342 e. The van der Waals surface area contributed by atoms with Gasteiger partial charge >= 0.3 is 0 Å². The van der Waals surface area contributed by atoms with Gasteiger partial charge in [0.05, 0.1) is 0 Å². The molecule has 3 nitrogen and oxygen atoms in total. The molecule has 0 aromatic rings. The molecule has 1 amide bonds. The first-order valence-electron chi connectivity index (χ1n) is 3.87. The van der Waals surface area contributed by atoms with E-state index in [1.54, 1.807) is 18.7 Å². The lowest BCUT2D eigenvalue weighted by atomic mass is 10.1. The highest BCUT2D eigenvalue weighted by Gasteiger charge is 2.26. The topological polar surface area (TPSA) is 37.4 Å². The quantitative estimate of drug-likeness (QED) is 0.551. The lowest BCUT2D eigenvalue weighted by Crippen LogP contribution is -2.26. The number of amides is 1. The van der Waals surface area contributed by atoms with Gasteiger partial charge in [0.1, 0.15) is 5.78 Å². The summed E-state index contributed by atoms with van der Waals surface area (Å²) >= 11 is 0. The molecular formula is C8H13NO2. The minimum atomic E-state index is 0.0775. The third kappa shape index (κ3) is 1.79. The van der Waals surface area contributed by atoms with Crippen molar-refractivity contribution in [1.29, 1.82) is 0 Å². The summed E-state index contributed by atoms with van der Waals surface area (Å²) in [5.74, 6) is 0.376. The first-order chi connectivity index (χ1) is 5.11. The number of carbonyl (C=O) groups is 2. The van der Waals surface area contributed by atoms with Crippen molar-refractivity contribution in [2.75, 3.05) is 13.1 Å². The first-order valence-corrected chi connectivity index (χ1v) is 3.87. The van der Waals surface area contributed by atoms with E-state index in [9.17, 15) is 9.59 Å². The third-order valence-electron chi connectivity index (χ3n) is 2.21. The van der Waals surface area contributed by atoms with Crippen LogP contribution >= 0.6 is 0 Å². The number of rotatable bonds is 1. The fourth-order valence-corrected chi connectivity index (χ4v) is 1.38. The molecule has 1 heterocycles. The van der Waals surface area contributed by atoms with Gasteiger partial charge in [0.25, 0.3) is 0 Å². The maximum Gasteiger partial charge on any atom is 0.219 e. The maximum atomic E-state index is 10.9. The van der Waals surface area contributed by atoms with Gasteiger partial charge in [0, 0.05) is 25.9 Å². The number of likely N-dealkylation sites (tertiary alicyclic amines) is 1. The number of ketones is 1. The lowest BCUT2D eigenvalue weighted by Gasteiger charge is -2.12. The van der Waals surface area contributed by atoms with Gasteiger partial charge in [-0.15, -0.1) is 0 Å². The smallest absolute Gasteiger partial charge is 0.219 e. The molecule has 0 aliphatic carbocycles. The van der Waals surface area contributed by atoms with Crippen molar-refractivity contribution in [3.8, 4) is 0 Å². The number of hydrogen-bond acceptors (Lipinski definition) is 2. The van der Waals surface area contributed by atoms with Gasteiger partial charge in [0.2, 0.25) is 5.91 Å². The van der Waals surface area contributed by atoms with E-state index >= 15 is 0 Å². The highest BCUT2D eigenvalue weighted by Crippen LogP contribution is 2.16. The van der Waals surface area contributed by atoms with Gasteiger partial charge in [-0.1, -0.05) is 0 Å². The molecule has 62 valence electrons. The van der Waals surface area contributed by atoms with Crippen LogP contribution in [0.15, 0.2) is 0 Å². The largest absolute Gasteiger partial charge is 0.342 e. The van der Waals surface area contributed by atoms with Crippen LogP contribution in [0, 0.1) is 5.92 Å². The molecule has 0 aromatic carbocycles. The molecule has 0 radical (unpaired) electrons. The summed E-state index contributed by atoms with van der Waals surface area (Å²) in [5, 5.41) is 0. The van der Waals surface area contributed by atoms with Crippen molar-refractivity contribution in [3.63, 3.8) is 0 Å². The minimum absolute atomic E-state index is 0.0775. The van der Waals surface area contributed by atoms with Crippen molar-refractivity contribution >= 4 is 11.7 Å². The molecular weight excluding hydrogens is 142 g/mol. The van der Waals surface area contributed by atoms with Crippen molar-refractivity contribution in [3.05, 3.63) is 0 Å². The standard InChI is InChI=1S/C8H13NO2/c1-6(10)8-3-4-9(5-8)7(2)11/h8H,3-5H2,1-2H3/t8-/m1/s1. The summed E-state index contributed by atoms with van der Waals surface area (Å²) in [6, 6.07) is 0. The lowest BCUT2D eigenvalue weighted by molar-refractivity contribution is -0.128. The van der Waals surface area contributed by atoms with E-state index in [1.165, 1.54) is 0 Å². The van der Waals surface area contributed by atoms with Crippen LogP contribution in [0.25, 0.3) is 0 Å². The molecule has 0 bridgehead atoms. The summed E-state index contributed by atoms with van der Waals surface area (Å²) in [5.41, 5.74) is 0. The molecule has 3 heteroatoms. The van der Waals surface area contributed by atoms with E-state index in [1.807, 2.05) is 0 Å². The molecule has 1 saturated heterocycles. The Morgan fingerprint density at radius 2 is 2.00 bits per heavy atom. The van der Waals surface area contributed by atoms with Gasteiger partial charge in [-0.2, -0.15) is 0 Å². The van der Waals surface area contributed by atoms with E-state index < -0.39 is 0 Å². The zero-order valence-electron chi connectivity index (χ0n) is 6.96. The molecule has 11 heavy (non-hydrogen) atoms. The Labute approximate surface area is 66.4 Å². The number of hydrogen-bond donors (Lipinski definition) is 0. The molecule has 1 atom stereocenters. The molecule has 0 spiro atoms. The molecule has 1 aliphatic heterocycles. The Morgan fingerprint density at radius 1 is 1.36 bits per heavy atom. The van der Waals surface area contributed by atoms with Gasteiger partial charge in [-0.25, -0.2) is 0 Å². The van der Waals surface area contributed by atoms with Crippen LogP contribution < -0.4 is 0 Å². The third-order valence-corrected chi connectivity index (χ3v) is 2.21. The van der Waals surface area contributed by atoms with Crippen LogP contribution in [0.5, 0.6) is 0 Å². The normalized spacial score (nSPS) is 23.8. The second kappa shape index (κ2) is 3.03. The van der Waals surface area contributed by atoms with E-state index in [4.69, 9.17) is 0 Å². The van der Waals surface area contributed by atoms with Crippen molar-refractivity contribution in [1.82, 2.24) is 4.90 Å². The van der Waals surface area contributed by atoms with Crippen molar-refractivity contribution in [2.45, 2.75) is 20.3 Å². The fraction of sp³-hybridized carbons (Fsp3) is 0.750. The average Bonchev–Trinajstić information content (AvgIpc) is 2.33. The molecule has 0 saturated carbocycles. The maximum absolute atomic E-state index is 10.9. The SMILES string of the molecule is CC(=O)[C@@H]1CCN(C(C)=O)C1. The molecule has 0 N–H and O–H groups in total. The summed E-state index contributed by atoms with van der Waals surface area (Å²) in [4.78, 5) is 23.4. The zero-order valence-corrected chi connectivity index (χ0v) is 6.96. The van der Waals surface area contributed by atoms with Crippen LogP contribution in [0.1, 0.15) is 20.3 Å². The molecule has 0 aromatic heterocycles. The Kier molecular flexibility index (Phi) is 2.27. The number of Topliss-reactive ketones (excluding diaryl/α,β-unsaturated/α-hetero) is 1. The fourth-order valence-electron chi connectivity index (χ4n) is 1.38. The van der Waals surface area contributed by atoms with Crippen LogP contribution in [0.2, 0.25) is 0 Å². The first kappa shape index (κ1) is 8.24.